The first kappa shape index (κ1) is 12.5. The molecule has 6 nitrogen and oxygen atoms in total. The molecular formula is C10H15BrN4O2. The molecule has 0 saturated carbocycles. The average Bonchev–Trinajstić information content (AvgIpc) is 2.39. The number of anilines is 2. The van der Waals surface area contributed by atoms with E-state index in [1.54, 1.807) is 13.2 Å². The molecule has 0 spiro atoms. The highest BCUT2D eigenvalue weighted by Crippen LogP contribution is 2.25. The molecule has 1 fully saturated rings. The molecule has 0 bridgehead atoms. The van der Waals surface area contributed by atoms with Gasteiger partial charge < -0.3 is 20.1 Å². The van der Waals surface area contributed by atoms with E-state index in [9.17, 15) is 0 Å². The van der Waals surface area contributed by atoms with Crippen LogP contribution in [0.5, 0.6) is 0 Å². The number of aliphatic hydroxyl groups excluding tert-OH is 1. The Hall–Kier alpha value is -0.920. The molecule has 0 aliphatic carbocycles. The molecule has 2 N–H and O–H groups in total. The highest BCUT2D eigenvalue weighted by molar-refractivity contribution is 9.10. The van der Waals surface area contributed by atoms with Gasteiger partial charge >= 0.3 is 0 Å². The summed E-state index contributed by atoms with van der Waals surface area (Å²) < 4.78 is 6.25. The van der Waals surface area contributed by atoms with Gasteiger partial charge in [0.15, 0.2) is 0 Å². The van der Waals surface area contributed by atoms with Crippen molar-refractivity contribution in [3.63, 3.8) is 0 Å². The molecule has 1 aromatic heterocycles. The molecule has 0 radical (unpaired) electrons. The lowest BCUT2D eigenvalue weighted by molar-refractivity contribution is 0.00332. The zero-order chi connectivity index (χ0) is 12.3. The van der Waals surface area contributed by atoms with Gasteiger partial charge in [0, 0.05) is 26.3 Å². The van der Waals surface area contributed by atoms with Crippen LogP contribution in [-0.2, 0) is 4.74 Å². The van der Waals surface area contributed by atoms with Gasteiger partial charge in [-0.1, -0.05) is 0 Å². The molecule has 1 unspecified atom stereocenters. The highest BCUT2D eigenvalue weighted by atomic mass is 79.9. The maximum Gasteiger partial charge on any atom is 0.224 e. The lowest BCUT2D eigenvalue weighted by Crippen LogP contribution is -2.44. The Balaban J connectivity index is 2.20. The predicted octanol–water partition coefficient (Wildman–Crippen LogP) is 0.478. The summed E-state index contributed by atoms with van der Waals surface area (Å²) in [6.45, 7) is 2.01. The molecular weight excluding hydrogens is 288 g/mol. The number of nitrogens with zero attached hydrogens (tertiary/aromatic N) is 3. The minimum Gasteiger partial charge on any atom is -0.394 e. The summed E-state index contributed by atoms with van der Waals surface area (Å²) in [5, 5.41) is 12.0. The van der Waals surface area contributed by atoms with Gasteiger partial charge in [-0.25, -0.2) is 4.98 Å². The fraction of sp³-hybridized carbons (Fsp3) is 0.600. The van der Waals surface area contributed by atoms with Crippen LogP contribution in [0.2, 0.25) is 0 Å². The molecule has 1 atom stereocenters. The second kappa shape index (κ2) is 5.61. The minimum atomic E-state index is -0.149. The van der Waals surface area contributed by atoms with Crippen molar-refractivity contribution >= 4 is 27.7 Å². The van der Waals surface area contributed by atoms with Crippen LogP contribution >= 0.6 is 15.9 Å². The standard InChI is InChI=1S/C10H15BrN4O2/c1-12-10-13-4-8(11)9(14-10)15-2-3-17-7(5-15)6-16/h4,7,16H,2-3,5-6H2,1H3,(H,12,13,14). The number of morpholine rings is 1. The number of nitrogens with one attached hydrogen (secondary N) is 1. The molecule has 0 amide bonds. The quantitative estimate of drug-likeness (QED) is 0.846. The van der Waals surface area contributed by atoms with E-state index in [0.29, 0.717) is 19.1 Å². The lowest BCUT2D eigenvalue weighted by Gasteiger charge is -2.33. The second-order valence-corrected chi connectivity index (χ2v) is 4.59. The Morgan fingerprint density at radius 1 is 1.71 bits per heavy atom. The molecule has 7 heteroatoms. The van der Waals surface area contributed by atoms with Crippen LogP contribution in [0.1, 0.15) is 0 Å². The first-order chi connectivity index (χ1) is 8.24. The van der Waals surface area contributed by atoms with E-state index in [1.165, 1.54) is 0 Å². The normalized spacial score (nSPS) is 20.4. The summed E-state index contributed by atoms with van der Waals surface area (Å²) in [5.41, 5.74) is 0. The summed E-state index contributed by atoms with van der Waals surface area (Å²) >= 11 is 3.44. The van der Waals surface area contributed by atoms with E-state index in [0.717, 1.165) is 16.8 Å². The van der Waals surface area contributed by atoms with Gasteiger partial charge in [-0.05, 0) is 15.9 Å². The van der Waals surface area contributed by atoms with Crippen molar-refractivity contribution in [2.24, 2.45) is 0 Å². The van der Waals surface area contributed by atoms with Crippen molar-refractivity contribution in [3.8, 4) is 0 Å². The van der Waals surface area contributed by atoms with Crippen LogP contribution in [0.25, 0.3) is 0 Å². The number of hydrogen-bond donors (Lipinski definition) is 2. The summed E-state index contributed by atoms with van der Waals surface area (Å²) in [7, 11) is 1.78. The van der Waals surface area contributed by atoms with Crippen LogP contribution in [0.3, 0.4) is 0 Å². The third-order valence-electron chi connectivity index (χ3n) is 2.59. The lowest BCUT2D eigenvalue weighted by atomic mass is 10.3. The van der Waals surface area contributed by atoms with Crippen LogP contribution in [0.4, 0.5) is 11.8 Å². The third-order valence-corrected chi connectivity index (χ3v) is 3.15. The zero-order valence-electron chi connectivity index (χ0n) is 9.56. The van der Waals surface area contributed by atoms with E-state index in [1.807, 2.05) is 0 Å². The van der Waals surface area contributed by atoms with Crippen LogP contribution in [0.15, 0.2) is 10.7 Å². The van der Waals surface area contributed by atoms with Crippen LogP contribution < -0.4 is 10.2 Å². The Labute approximate surface area is 108 Å². The molecule has 94 valence electrons. The summed E-state index contributed by atoms with van der Waals surface area (Å²) in [6, 6.07) is 0. The zero-order valence-corrected chi connectivity index (χ0v) is 11.1. The monoisotopic (exact) mass is 302 g/mol. The van der Waals surface area contributed by atoms with Gasteiger partial charge in [-0.15, -0.1) is 0 Å². The molecule has 1 saturated heterocycles. The van der Waals surface area contributed by atoms with Crippen molar-refractivity contribution in [2.75, 3.05) is 43.6 Å². The van der Waals surface area contributed by atoms with E-state index < -0.39 is 0 Å². The maximum atomic E-state index is 9.12. The summed E-state index contributed by atoms with van der Waals surface area (Å²) in [6.07, 6.45) is 1.57. The number of rotatable bonds is 3. The molecule has 17 heavy (non-hydrogen) atoms. The van der Waals surface area contributed by atoms with Crippen LogP contribution in [-0.4, -0.2) is 54.5 Å². The Morgan fingerprint density at radius 3 is 3.24 bits per heavy atom. The molecule has 2 heterocycles. The molecule has 0 aromatic carbocycles. The smallest absolute Gasteiger partial charge is 0.224 e. The minimum absolute atomic E-state index is 0.0259. The van der Waals surface area contributed by atoms with Crippen molar-refractivity contribution in [2.45, 2.75) is 6.10 Å². The van der Waals surface area contributed by atoms with Gasteiger partial charge in [0.1, 0.15) is 5.82 Å². The third kappa shape index (κ3) is 2.85. The Kier molecular flexibility index (Phi) is 4.14. The number of aliphatic hydroxyl groups is 1. The van der Waals surface area contributed by atoms with Crippen molar-refractivity contribution < 1.29 is 9.84 Å². The molecule has 2 rings (SSSR count). The highest BCUT2D eigenvalue weighted by Gasteiger charge is 2.22. The van der Waals surface area contributed by atoms with E-state index >= 15 is 0 Å². The number of hydrogen-bond acceptors (Lipinski definition) is 6. The SMILES string of the molecule is CNc1ncc(Br)c(N2CCOC(CO)C2)n1. The average molecular weight is 303 g/mol. The second-order valence-electron chi connectivity index (χ2n) is 3.74. The van der Waals surface area contributed by atoms with Crippen molar-refractivity contribution in [3.05, 3.63) is 10.7 Å². The fourth-order valence-corrected chi connectivity index (χ4v) is 2.16. The maximum absolute atomic E-state index is 9.12. The molecule has 1 aromatic rings. The predicted molar refractivity (Wildman–Crippen MR) is 68.3 cm³/mol. The van der Waals surface area contributed by atoms with Crippen molar-refractivity contribution in [1.82, 2.24) is 9.97 Å². The fourth-order valence-electron chi connectivity index (χ4n) is 1.72. The van der Waals surface area contributed by atoms with E-state index in [4.69, 9.17) is 9.84 Å². The van der Waals surface area contributed by atoms with Gasteiger partial charge in [0.05, 0.1) is 23.8 Å². The number of halogens is 1. The summed E-state index contributed by atoms with van der Waals surface area (Å²) in [4.78, 5) is 10.6. The van der Waals surface area contributed by atoms with Gasteiger partial charge in [0.25, 0.3) is 0 Å². The topological polar surface area (TPSA) is 70.5 Å². The Bertz CT molecular complexity index is 391. The largest absolute Gasteiger partial charge is 0.394 e. The number of ether oxygens (including phenoxy) is 1. The first-order valence-electron chi connectivity index (χ1n) is 5.42. The van der Waals surface area contributed by atoms with E-state index in [-0.39, 0.29) is 12.7 Å². The molecule has 1 aliphatic heterocycles. The summed E-state index contributed by atoms with van der Waals surface area (Å²) in [5.74, 6) is 1.40. The Morgan fingerprint density at radius 2 is 2.53 bits per heavy atom. The molecule has 1 aliphatic rings. The van der Waals surface area contributed by atoms with Crippen LogP contribution in [0, 0.1) is 0 Å². The van der Waals surface area contributed by atoms with Gasteiger partial charge in [-0.3, -0.25) is 0 Å². The van der Waals surface area contributed by atoms with Gasteiger partial charge in [-0.2, -0.15) is 4.98 Å². The first-order valence-corrected chi connectivity index (χ1v) is 6.21. The van der Waals surface area contributed by atoms with Crippen molar-refractivity contribution in [1.29, 1.82) is 0 Å². The van der Waals surface area contributed by atoms with E-state index in [2.05, 4.69) is 36.1 Å². The number of aromatic nitrogens is 2. The van der Waals surface area contributed by atoms with Gasteiger partial charge in [0.2, 0.25) is 5.95 Å².